The molecular weight excluding hydrogens is 340 g/mol. The fourth-order valence-electron chi connectivity index (χ4n) is 3.37. The molecule has 2 aromatic rings. The first-order valence-corrected chi connectivity index (χ1v) is 10.1. The van der Waals surface area contributed by atoms with Crippen LogP contribution < -0.4 is 5.32 Å². The van der Waals surface area contributed by atoms with Gasteiger partial charge in [-0.3, -0.25) is 4.79 Å². The van der Waals surface area contributed by atoms with Gasteiger partial charge in [-0.25, -0.2) is 4.79 Å². The van der Waals surface area contributed by atoms with Crippen LogP contribution in [0.25, 0.3) is 10.9 Å². The number of carbonyl (C=O) groups excluding carboxylic acids is 2. The average molecular weight is 373 g/mol. The molecule has 27 heavy (non-hydrogen) atoms. The lowest BCUT2D eigenvalue weighted by molar-refractivity contribution is -0.145. The summed E-state index contributed by atoms with van der Waals surface area (Å²) in [4.78, 5) is 27.6. The molecule has 1 atom stereocenters. The van der Waals surface area contributed by atoms with Crippen LogP contribution in [0.5, 0.6) is 0 Å². The van der Waals surface area contributed by atoms with Gasteiger partial charge in [-0.2, -0.15) is 0 Å². The molecule has 2 N–H and O–H groups in total. The van der Waals surface area contributed by atoms with Crippen molar-refractivity contribution in [3.8, 4) is 0 Å². The molecule has 148 valence electrons. The number of esters is 1. The first kappa shape index (κ1) is 21.0. The molecule has 0 spiro atoms. The van der Waals surface area contributed by atoms with Crippen molar-refractivity contribution in [2.24, 2.45) is 0 Å². The fraction of sp³-hybridized carbons (Fsp3) is 0.545. The Morgan fingerprint density at radius 2 is 1.78 bits per heavy atom. The van der Waals surface area contributed by atoms with Crippen molar-refractivity contribution in [1.82, 2.24) is 10.3 Å². The number of para-hydroxylation sites is 1. The number of unbranched alkanes of at least 4 members (excludes halogenated alkanes) is 6. The summed E-state index contributed by atoms with van der Waals surface area (Å²) in [6.07, 6.45) is 10.9. The number of rotatable bonds is 12. The van der Waals surface area contributed by atoms with Crippen LogP contribution in [0.1, 0.15) is 63.9 Å². The largest absolute Gasteiger partial charge is 0.467 e. The third-order valence-corrected chi connectivity index (χ3v) is 4.93. The normalized spacial score (nSPS) is 12.1. The van der Waals surface area contributed by atoms with Crippen LogP contribution in [-0.2, 0) is 20.7 Å². The van der Waals surface area contributed by atoms with E-state index in [9.17, 15) is 9.59 Å². The Labute approximate surface area is 161 Å². The summed E-state index contributed by atoms with van der Waals surface area (Å²) >= 11 is 0. The van der Waals surface area contributed by atoms with Gasteiger partial charge in [-0.05, 0) is 18.1 Å². The second-order valence-electron chi connectivity index (χ2n) is 7.08. The van der Waals surface area contributed by atoms with E-state index in [-0.39, 0.29) is 5.91 Å². The van der Waals surface area contributed by atoms with Crippen LogP contribution in [0, 0.1) is 0 Å². The number of aromatic amines is 1. The Kier molecular flexibility index (Phi) is 8.89. The van der Waals surface area contributed by atoms with E-state index in [4.69, 9.17) is 4.74 Å². The van der Waals surface area contributed by atoms with Crippen molar-refractivity contribution in [3.63, 3.8) is 0 Å². The van der Waals surface area contributed by atoms with Gasteiger partial charge in [0.05, 0.1) is 7.11 Å². The van der Waals surface area contributed by atoms with Crippen LogP contribution in [0.4, 0.5) is 0 Å². The Bertz CT molecular complexity index is 723. The summed E-state index contributed by atoms with van der Waals surface area (Å²) in [6, 6.07) is 7.27. The van der Waals surface area contributed by atoms with Gasteiger partial charge in [0.25, 0.3) is 0 Å². The molecule has 0 radical (unpaired) electrons. The molecule has 5 heteroatoms. The third kappa shape index (κ3) is 6.74. The number of aromatic nitrogens is 1. The fourth-order valence-corrected chi connectivity index (χ4v) is 3.37. The molecule has 0 aliphatic heterocycles. The zero-order valence-corrected chi connectivity index (χ0v) is 16.6. The number of hydrogen-bond acceptors (Lipinski definition) is 3. The average Bonchev–Trinajstić information content (AvgIpc) is 3.09. The number of fused-ring (bicyclic) bond motifs is 1. The van der Waals surface area contributed by atoms with E-state index >= 15 is 0 Å². The lowest BCUT2D eigenvalue weighted by Gasteiger charge is -2.16. The highest BCUT2D eigenvalue weighted by Crippen LogP contribution is 2.19. The van der Waals surface area contributed by atoms with Crippen LogP contribution >= 0.6 is 0 Å². The van der Waals surface area contributed by atoms with Crippen molar-refractivity contribution in [2.75, 3.05) is 7.11 Å². The lowest BCUT2D eigenvalue weighted by atomic mass is 10.0. The number of methoxy groups -OCH3 is 1. The first-order chi connectivity index (χ1) is 13.2. The van der Waals surface area contributed by atoms with Crippen molar-refractivity contribution >= 4 is 22.8 Å². The number of hydrogen-bond donors (Lipinski definition) is 2. The van der Waals surface area contributed by atoms with Crippen molar-refractivity contribution in [2.45, 2.75) is 70.8 Å². The molecule has 1 amide bonds. The molecule has 0 saturated heterocycles. The third-order valence-electron chi connectivity index (χ3n) is 4.93. The quantitative estimate of drug-likeness (QED) is 0.425. The minimum atomic E-state index is -0.661. The first-order valence-electron chi connectivity index (χ1n) is 10.1. The van der Waals surface area contributed by atoms with Gasteiger partial charge in [-0.1, -0.05) is 63.6 Å². The molecule has 0 aliphatic carbocycles. The SMILES string of the molecule is CCCCCCCCCC(=O)NC(Cc1c[nH]c2ccccc12)C(=O)OC. The maximum Gasteiger partial charge on any atom is 0.328 e. The Morgan fingerprint density at radius 1 is 1.07 bits per heavy atom. The van der Waals surface area contributed by atoms with Crippen molar-refractivity contribution in [3.05, 3.63) is 36.0 Å². The maximum atomic E-state index is 12.3. The molecule has 0 aliphatic rings. The van der Waals surface area contributed by atoms with E-state index < -0.39 is 12.0 Å². The molecule has 0 bridgehead atoms. The van der Waals surface area contributed by atoms with E-state index in [1.54, 1.807) is 0 Å². The highest BCUT2D eigenvalue weighted by molar-refractivity contribution is 5.87. The van der Waals surface area contributed by atoms with Crippen LogP contribution in [0.2, 0.25) is 0 Å². The van der Waals surface area contributed by atoms with Crippen molar-refractivity contribution < 1.29 is 14.3 Å². The monoisotopic (exact) mass is 372 g/mol. The predicted octanol–water partition coefficient (Wildman–Crippen LogP) is 4.51. The molecule has 2 rings (SSSR count). The van der Waals surface area contributed by atoms with Gasteiger partial charge in [0.2, 0.25) is 5.91 Å². The summed E-state index contributed by atoms with van der Waals surface area (Å²) in [5.41, 5.74) is 2.02. The van der Waals surface area contributed by atoms with Crippen LogP contribution in [0.15, 0.2) is 30.5 Å². The van der Waals surface area contributed by atoms with Gasteiger partial charge < -0.3 is 15.0 Å². The van der Waals surface area contributed by atoms with E-state index in [0.717, 1.165) is 29.3 Å². The van der Waals surface area contributed by atoms with Gasteiger partial charge in [0, 0.05) is 29.9 Å². The molecular formula is C22H32N2O3. The summed E-state index contributed by atoms with van der Waals surface area (Å²) in [6.45, 7) is 2.21. The second kappa shape index (κ2) is 11.4. The summed E-state index contributed by atoms with van der Waals surface area (Å²) < 4.78 is 4.89. The molecule has 1 unspecified atom stereocenters. The number of benzene rings is 1. The summed E-state index contributed by atoms with van der Waals surface area (Å²) in [5, 5.41) is 3.92. The van der Waals surface area contributed by atoms with E-state index in [1.165, 1.54) is 39.2 Å². The number of carbonyl (C=O) groups is 2. The van der Waals surface area contributed by atoms with E-state index in [2.05, 4.69) is 17.2 Å². The highest BCUT2D eigenvalue weighted by atomic mass is 16.5. The number of H-pyrrole nitrogens is 1. The van der Waals surface area contributed by atoms with Gasteiger partial charge in [0.15, 0.2) is 0 Å². The van der Waals surface area contributed by atoms with Gasteiger partial charge in [-0.15, -0.1) is 0 Å². The smallest absolute Gasteiger partial charge is 0.328 e. The lowest BCUT2D eigenvalue weighted by Crippen LogP contribution is -2.42. The van der Waals surface area contributed by atoms with E-state index in [1.807, 2.05) is 30.5 Å². The Morgan fingerprint density at radius 3 is 2.52 bits per heavy atom. The van der Waals surface area contributed by atoms with E-state index in [0.29, 0.717) is 12.8 Å². The van der Waals surface area contributed by atoms with Crippen LogP contribution in [0.3, 0.4) is 0 Å². The summed E-state index contributed by atoms with van der Waals surface area (Å²) in [7, 11) is 1.35. The molecule has 0 saturated carbocycles. The maximum absolute atomic E-state index is 12.3. The Hall–Kier alpha value is -2.30. The Balaban J connectivity index is 1.83. The standard InChI is InChI=1S/C22H32N2O3/c1-3-4-5-6-7-8-9-14-21(25)24-20(22(26)27-2)15-17-16-23-19-13-11-10-12-18(17)19/h10-13,16,20,23H,3-9,14-15H2,1-2H3,(H,24,25). The number of ether oxygens (including phenoxy) is 1. The van der Waals surface area contributed by atoms with Gasteiger partial charge in [0.1, 0.15) is 6.04 Å². The molecule has 1 heterocycles. The second-order valence-corrected chi connectivity index (χ2v) is 7.08. The number of nitrogens with one attached hydrogen (secondary N) is 2. The number of amides is 1. The molecule has 0 fully saturated rings. The summed E-state index contributed by atoms with van der Waals surface area (Å²) in [5.74, 6) is -0.494. The highest BCUT2D eigenvalue weighted by Gasteiger charge is 2.23. The van der Waals surface area contributed by atoms with Crippen molar-refractivity contribution in [1.29, 1.82) is 0 Å². The topological polar surface area (TPSA) is 71.2 Å². The predicted molar refractivity (Wildman–Crippen MR) is 109 cm³/mol. The van der Waals surface area contributed by atoms with Crippen LogP contribution in [-0.4, -0.2) is 30.0 Å². The zero-order chi connectivity index (χ0) is 19.5. The molecule has 1 aromatic heterocycles. The minimum absolute atomic E-state index is 0.0844. The molecule has 5 nitrogen and oxygen atoms in total. The zero-order valence-electron chi connectivity index (χ0n) is 16.6. The van der Waals surface area contributed by atoms with Gasteiger partial charge >= 0.3 is 5.97 Å². The minimum Gasteiger partial charge on any atom is -0.467 e. The molecule has 1 aromatic carbocycles.